The van der Waals surface area contributed by atoms with Crippen LogP contribution in [0.5, 0.6) is 5.88 Å². The number of pyridine rings is 1. The van der Waals surface area contributed by atoms with E-state index in [-0.39, 0.29) is 17.4 Å². The molecule has 0 aliphatic heterocycles. The van der Waals surface area contributed by atoms with Crippen LogP contribution in [0.3, 0.4) is 0 Å². The van der Waals surface area contributed by atoms with Gasteiger partial charge in [0.15, 0.2) is 5.69 Å². The van der Waals surface area contributed by atoms with Crippen LogP contribution in [0.2, 0.25) is 0 Å². The summed E-state index contributed by atoms with van der Waals surface area (Å²) in [6.07, 6.45) is 0. The van der Waals surface area contributed by atoms with E-state index in [0.29, 0.717) is 34.4 Å². The maximum Gasteiger partial charge on any atom is 0.280 e. The van der Waals surface area contributed by atoms with E-state index in [9.17, 15) is 14.7 Å². The lowest BCUT2D eigenvalue weighted by Gasteiger charge is -2.22. The van der Waals surface area contributed by atoms with Gasteiger partial charge in [-0.3, -0.25) is 14.2 Å². The molecule has 0 aliphatic carbocycles. The number of hydrogen-bond acceptors (Lipinski definition) is 6. The first-order chi connectivity index (χ1) is 16.6. The van der Waals surface area contributed by atoms with Crippen LogP contribution in [-0.4, -0.2) is 47.6 Å². The maximum atomic E-state index is 12.8. The molecule has 35 heavy (non-hydrogen) atoms. The van der Waals surface area contributed by atoms with Crippen molar-refractivity contribution in [2.24, 2.45) is 17.3 Å². The van der Waals surface area contributed by atoms with Crippen molar-refractivity contribution in [3.05, 3.63) is 70.5 Å². The summed E-state index contributed by atoms with van der Waals surface area (Å²) < 4.78 is 4.91. The lowest BCUT2D eigenvalue weighted by Crippen LogP contribution is -2.39. The lowest BCUT2D eigenvalue weighted by atomic mass is 10.1. The first-order valence-corrected chi connectivity index (χ1v) is 12.1. The third-order valence-electron chi connectivity index (χ3n) is 5.60. The quantitative estimate of drug-likeness (QED) is 0.178. The van der Waals surface area contributed by atoms with E-state index >= 15 is 0 Å². The standard InChI is InChI=1S/C26H28N5O3S/c1-6-30-21-9-7-8-10-23(21)35-26(30)19-15-20(25(34)29(2)24(19)33)28-27-18-13-11-17(12-14-18)22(32)16-31(3,4)5/h7-15H,6,16H2,1-5H3/q+1/p+1. The summed E-state index contributed by atoms with van der Waals surface area (Å²) >= 11 is 1.54. The van der Waals surface area contributed by atoms with E-state index in [2.05, 4.69) is 14.8 Å². The number of aromatic nitrogens is 2. The summed E-state index contributed by atoms with van der Waals surface area (Å²) in [5.74, 6) is -0.0755. The number of aromatic hydroxyl groups is 1. The normalized spacial score (nSPS) is 12.0. The summed E-state index contributed by atoms with van der Waals surface area (Å²) in [5, 5.41) is 20.0. The molecule has 0 saturated carbocycles. The van der Waals surface area contributed by atoms with Crippen molar-refractivity contribution in [3.8, 4) is 16.5 Å². The van der Waals surface area contributed by atoms with E-state index in [1.165, 1.54) is 11.6 Å². The van der Waals surface area contributed by atoms with Crippen molar-refractivity contribution in [1.29, 1.82) is 0 Å². The molecule has 0 amide bonds. The van der Waals surface area contributed by atoms with Gasteiger partial charge in [0.1, 0.15) is 23.4 Å². The Labute approximate surface area is 207 Å². The van der Waals surface area contributed by atoms with Gasteiger partial charge in [0.2, 0.25) is 17.2 Å². The molecule has 2 heterocycles. The zero-order chi connectivity index (χ0) is 25.3. The third kappa shape index (κ3) is 5.06. The zero-order valence-electron chi connectivity index (χ0n) is 20.5. The number of benzene rings is 2. The number of Topliss-reactive ketones (excluding diaryl/α,β-unsaturated/α-hetero) is 1. The highest BCUT2D eigenvalue weighted by Gasteiger charge is 2.26. The Morgan fingerprint density at radius 2 is 1.77 bits per heavy atom. The van der Waals surface area contributed by atoms with Crippen molar-refractivity contribution in [2.45, 2.75) is 13.5 Å². The molecule has 0 aliphatic rings. The summed E-state index contributed by atoms with van der Waals surface area (Å²) in [4.78, 5) is 25.2. The Balaban J connectivity index is 1.70. The molecule has 0 bridgehead atoms. The molecule has 9 heteroatoms. The highest BCUT2D eigenvalue weighted by Crippen LogP contribution is 2.35. The van der Waals surface area contributed by atoms with Crippen LogP contribution in [-0.2, 0) is 13.6 Å². The van der Waals surface area contributed by atoms with Crippen molar-refractivity contribution in [2.75, 3.05) is 27.7 Å². The van der Waals surface area contributed by atoms with E-state index in [1.807, 2.05) is 52.3 Å². The Bertz CT molecular complexity index is 1490. The van der Waals surface area contributed by atoms with Gasteiger partial charge in [-0.05, 0) is 43.3 Å². The Kier molecular flexibility index (Phi) is 6.64. The molecule has 0 saturated heterocycles. The molecule has 0 atom stereocenters. The van der Waals surface area contributed by atoms with Crippen LogP contribution >= 0.6 is 11.3 Å². The van der Waals surface area contributed by atoms with Gasteiger partial charge in [0.05, 0.1) is 26.8 Å². The van der Waals surface area contributed by atoms with Gasteiger partial charge in [-0.25, -0.2) is 0 Å². The van der Waals surface area contributed by atoms with Crippen LogP contribution in [0.15, 0.2) is 69.6 Å². The minimum absolute atomic E-state index is 0.0468. The summed E-state index contributed by atoms with van der Waals surface area (Å²) in [6.45, 7) is 3.14. The molecule has 0 fully saturated rings. The second kappa shape index (κ2) is 9.52. The van der Waals surface area contributed by atoms with Gasteiger partial charge >= 0.3 is 0 Å². The van der Waals surface area contributed by atoms with Gasteiger partial charge in [-0.15, -0.1) is 5.11 Å². The van der Waals surface area contributed by atoms with E-state index in [4.69, 9.17) is 0 Å². The number of carbonyl (C=O) groups excluding carboxylic acids is 1. The third-order valence-corrected chi connectivity index (χ3v) is 6.80. The molecule has 180 valence electrons. The van der Waals surface area contributed by atoms with Crippen LogP contribution in [0, 0.1) is 0 Å². The van der Waals surface area contributed by atoms with Crippen LogP contribution in [0.4, 0.5) is 11.4 Å². The van der Waals surface area contributed by atoms with Crippen molar-refractivity contribution in [1.82, 2.24) is 4.57 Å². The second-order valence-electron chi connectivity index (χ2n) is 9.37. The molecular weight excluding hydrogens is 462 g/mol. The molecule has 1 N–H and O–H groups in total. The first-order valence-electron chi connectivity index (χ1n) is 11.3. The summed E-state index contributed by atoms with van der Waals surface area (Å²) in [7, 11) is 7.41. The number of aryl methyl sites for hydroxylation is 1. The highest BCUT2D eigenvalue weighted by atomic mass is 32.1. The number of likely N-dealkylation sites (N-methyl/N-ethyl adjacent to an activating group) is 1. The fourth-order valence-corrected chi connectivity index (χ4v) is 5.07. The van der Waals surface area contributed by atoms with Gasteiger partial charge < -0.3 is 9.59 Å². The average Bonchev–Trinajstić information content (AvgIpc) is 3.19. The maximum absolute atomic E-state index is 12.8. The SMILES string of the molecule is CC[n+]1c(-c2cc(N=Nc3ccc(C(=O)C[N+](C)(C)C)cc3)c(=O)n(C)c2O)sc2ccccc21. The predicted molar refractivity (Wildman–Crippen MR) is 138 cm³/mol. The Morgan fingerprint density at radius 3 is 2.43 bits per heavy atom. The molecular formula is C26H29N5O3S+2. The van der Waals surface area contributed by atoms with Gasteiger partial charge in [-0.1, -0.05) is 23.5 Å². The fraction of sp³-hybridized carbons (Fsp3) is 0.269. The Hall–Kier alpha value is -3.69. The fourth-order valence-electron chi connectivity index (χ4n) is 3.84. The number of nitrogens with zero attached hydrogens (tertiary/aromatic N) is 5. The summed E-state index contributed by atoms with van der Waals surface area (Å²) in [5.41, 5.74) is 2.37. The predicted octanol–water partition coefficient (Wildman–Crippen LogP) is 4.58. The number of quaternary nitrogens is 1. The van der Waals surface area contributed by atoms with E-state index in [0.717, 1.165) is 15.2 Å². The molecule has 4 rings (SSSR count). The number of para-hydroxylation sites is 1. The number of carbonyl (C=O) groups is 1. The van der Waals surface area contributed by atoms with Crippen molar-refractivity contribution >= 4 is 38.7 Å². The zero-order valence-corrected chi connectivity index (χ0v) is 21.3. The number of thiazole rings is 1. The number of fused-ring (bicyclic) bond motifs is 1. The van der Waals surface area contributed by atoms with Gasteiger partial charge in [0.25, 0.3) is 10.6 Å². The van der Waals surface area contributed by atoms with Crippen LogP contribution in [0.1, 0.15) is 17.3 Å². The monoisotopic (exact) mass is 491 g/mol. The van der Waals surface area contributed by atoms with Crippen LogP contribution < -0.4 is 10.1 Å². The number of rotatable bonds is 7. The molecule has 2 aromatic carbocycles. The molecule has 2 aromatic heterocycles. The number of hydrogen-bond donors (Lipinski definition) is 1. The van der Waals surface area contributed by atoms with E-state index in [1.54, 1.807) is 41.7 Å². The topological polar surface area (TPSA) is 87.9 Å². The minimum atomic E-state index is -0.450. The smallest absolute Gasteiger partial charge is 0.280 e. The molecule has 8 nitrogen and oxygen atoms in total. The van der Waals surface area contributed by atoms with Gasteiger partial charge in [-0.2, -0.15) is 9.68 Å². The Morgan fingerprint density at radius 1 is 1.09 bits per heavy atom. The lowest BCUT2D eigenvalue weighted by molar-refractivity contribution is -0.861. The van der Waals surface area contributed by atoms with E-state index < -0.39 is 5.56 Å². The molecule has 4 aromatic rings. The molecule has 0 unspecified atom stereocenters. The first kappa shape index (κ1) is 24.4. The van der Waals surface area contributed by atoms with Crippen molar-refractivity contribution < 1.29 is 19.0 Å². The second-order valence-corrected chi connectivity index (χ2v) is 10.4. The number of ketones is 1. The highest BCUT2D eigenvalue weighted by molar-refractivity contribution is 7.21. The summed E-state index contributed by atoms with van der Waals surface area (Å²) in [6, 6.07) is 16.4. The number of azo groups is 1. The van der Waals surface area contributed by atoms with Gasteiger partial charge in [0, 0.05) is 18.7 Å². The van der Waals surface area contributed by atoms with Crippen LogP contribution in [0.25, 0.3) is 20.8 Å². The molecule has 0 radical (unpaired) electrons. The largest absolute Gasteiger partial charge is 0.494 e. The minimum Gasteiger partial charge on any atom is -0.494 e. The molecule has 0 spiro atoms. The van der Waals surface area contributed by atoms with Crippen molar-refractivity contribution in [3.63, 3.8) is 0 Å². The average molecular weight is 492 g/mol.